The van der Waals surface area contributed by atoms with Gasteiger partial charge in [0.1, 0.15) is 0 Å². The van der Waals surface area contributed by atoms with E-state index in [1.54, 1.807) is 61.5 Å². The topological polar surface area (TPSA) is 81.8 Å². The second-order valence-electron chi connectivity index (χ2n) is 6.65. The zero-order valence-electron chi connectivity index (χ0n) is 15.8. The quantitative estimate of drug-likeness (QED) is 0.396. The lowest BCUT2D eigenvalue weighted by Gasteiger charge is -2.31. The summed E-state index contributed by atoms with van der Waals surface area (Å²) in [5, 5.41) is 0.995. The van der Waals surface area contributed by atoms with Crippen molar-refractivity contribution in [2.45, 2.75) is 18.9 Å². The van der Waals surface area contributed by atoms with Gasteiger partial charge in [0, 0.05) is 27.5 Å². The van der Waals surface area contributed by atoms with Crippen LogP contribution in [-0.2, 0) is 16.0 Å². The number of allylic oxidation sites excluding steroid dienone is 1. The van der Waals surface area contributed by atoms with Crippen LogP contribution < -0.4 is 5.73 Å². The van der Waals surface area contributed by atoms with Gasteiger partial charge in [0.15, 0.2) is 11.3 Å². The first-order valence-corrected chi connectivity index (χ1v) is 9.87. The molecule has 1 heterocycles. The van der Waals surface area contributed by atoms with Crippen LogP contribution in [0.1, 0.15) is 22.8 Å². The van der Waals surface area contributed by atoms with Crippen LogP contribution >= 0.6 is 23.2 Å². The van der Waals surface area contributed by atoms with Gasteiger partial charge >= 0.3 is 5.97 Å². The summed E-state index contributed by atoms with van der Waals surface area (Å²) < 4.78 is 5.30. The Balaban J connectivity index is 2.07. The number of carbonyl (C=O) groups is 2. The van der Waals surface area contributed by atoms with Crippen molar-refractivity contribution in [2.75, 3.05) is 12.3 Å². The maximum Gasteiger partial charge on any atom is 0.312 e. The second-order valence-corrected chi connectivity index (χ2v) is 7.52. The molecule has 1 aliphatic heterocycles. The predicted octanol–water partition coefficient (Wildman–Crippen LogP) is 4.56. The third kappa shape index (κ3) is 4.36. The zero-order chi connectivity index (χ0) is 21.0. The molecule has 29 heavy (non-hydrogen) atoms. The van der Waals surface area contributed by atoms with E-state index in [-0.39, 0.29) is 18.8 Å². The van der Waals surface area contributed by atoms with Gasteiger partial charge in [0.2, 0.25) is 0 Å². The SMILES string of the molecule is CCOC(=O)C(Cc1cc(Cl)ccc1N)C1(C(=O)c2ccc(Cl)cc2)C=CC=N1. The number of hydrogen-bond acceptors (Lipinski definition) is 5. The number of esters is 1. The van der Waals surface area contributed by atoms with Crippen LogP contribution in [0.25, 0.3) is 0 Å². The number of ether oxygens (including phenoxy) is 1. The smallest absolute Gasteiger partial charge is 0.312 e. The maximum absolute atomic E-state index is 13.5. The summed E-state index contributed by atoms with van der Waals surface area (Å²) in [5.74, 6) is -1.77. The predicted molar refractivity (Wildman–Crippen MR) is 116 cm³/mol. The third-order valence-corrected chi connectivity index (χ3v) is 5.31. The lowest BCUT2D eigenvalue weighted by Crippen LogP contribution is -2.47. The van der Waals surface area contributed by atoms with Crippen molar-refractivity contribution in [1.82, 2.24) is 0 Å². The van der Waals surface area contributed by atoms with E-state index in [2.05, 4.69) is 4.99 Å². The van der Waals surface area contributed by atoms with Crippen molar-refractivity contribution >= 4 is 46.9 Å². The van der Waals surface area contributed by atoms with Gasteiger partial charge in [-0.1, -0.05) is 23.2 Å². The number of nitrogen functional groups attached to an aromatic ring is 1. The number of anilines is 1. The Hall–Kier alpha value is -2.63. The summed E-state index contributed by atoms with van der Waals surface area (Å²) in [6.07, 6.45) is 4.95. The van der Waals surface area contributed by atoms with Crippen LogP contribution in [0, 0.1) is 5.92 Å². The molecule has 5 nitrogen and oxygen atoms in total. The first-order chi connectivity index (χ1) is 13.9. The van der Waals surface area contributed by atoms with E-state index in [9.17, 15) is 9.59 Å². The van der Waals surface area contributed by atoms with E-state index in [1.807, 2.05) is 0 Å². The Kier molecular flexibility index (Phi) is 6.40. The fraction of sp³-hybridized carbons (Fsp3) is 0.227. The number of Topliss-reactive ketones (excluding diaryl/α,β-unsaturated/α-hetero) is 1. The number of nitrogens with two attached hydrogens (primary N) is 1. The molecular formula is C22H20Cl2N2O3. The minimum atomic E-state index is -1.44. The van der Waals surface area contributed by atoms with Crippen LogP contribution in [0.2, 0.25) is 10.0 Å². The zero-order valence-corrected chi connectivity index (χ0v) is 17.3. The molecule has 0 aliphatic carbocycles. The van der Waals surface area contributed by atoms with Crippen molar-refractivity contribution in [3.63, 3.8) is 0 Å². The number of aliphatic imine (C=N–C) groups is 1. The van der Waals surface area contributed by atoms with E-state index in [0.29, 0.717) is 26.9 Å². The van der Waals surface area contributed by atoms with E-state index in [0.717, 1.165) is 0 Å². The molecule has 150 valence electrons. The van der Waals surface area contributed by atoms with Crippen LogP contribution in [0.5, 0.6) is 0 Å². The van der Waals surface area contributed by atoms with Gasteiger partial charge in [0.25, 0.3) is 0 Å². The van der Waals surface area contributed by atoms with Crippen molar-refractivity contribution < 1.29 is 14.3 Å². The van der Waals surface area contributed by atoms with Gasteiger partial charge in [-0.05, 0) is 73.5 Å². The average molecular weight is 431 g/mol. The maximum atomic E-state index is 13.5. The van der Waals surface area contributed by atoms with Crippen LogP contribution in [0.3, 0.4) is 0 Å². The summed E-state index contributed by atoms with van der Waals surface area (Å²) in [6.45, 7) is 1.89. The van der Waals surface area contributed by atoms with Gasteiger partial charge in [0.05, 0.1) is 12.5 Å². The molecule has 1 aliphatic rings. The molecule has 2 aromatic rings. The van der Waals surface area contributed by atoms with Crippen molar-refractivity contribution in [3.05, 3.63) is 75.8 Å². The molecule has 0 saturated heterocycles. The monoisotopic (exact) mass is 430 g/mol. The Bertz CT molecular complexity index is 972. The molecule has 2 N–H and O–H groups in total. The lowest BCUT2D eigenvalue weighted by atomic mass is 9.75. The molecule has 2 aromatic carbocycles. The highest BCUT2D eigenvalue weighted by Crippen LogP contribution is 2.36. The third-order valence-electron chi connectivity index (χ3n) is 4.83. The van der Waals surface area contributed by atoms with E-state index in [1.165, 1.54) is 6.21 Å². The van der Waals surface area contributed by atoms with Gasteiger partial charge in [-0.2, -0.15) is 0 Å². The summed E-state index contributed by atoms with van der Waals surface area (Å²) in [4.78, 5) is 30.9. The molecule has 2 unspecified atom stereocenters. The fourth-order valence-electron chi connectivity index (χ4n) is 3.36. The summed E-state index contributed by atoms with van der Waals surface area (Å²) in [6, 6.07) is 11.5. The number of carbonyl (C=O) groups excluding carboxylic acids is 2. The first-order valence-electron chi connectivity index (χ1n) is 9.11. The van der Waals surface area contributed by atoms with E-state index >= 15 is 0 Å². The normalized spacial score (nSPS) is 18.6. The van der Waals surface area contributed by atoms with Crippen LogP contribution in [0.15, 0.2) is 59.6 Å². The van der Waals surface area contributed by atoms with Gasteiger partial charge in [-0.3, -0.25) is 14.6 Å². The molecular weight excluding hydrogens is 411 g/mol. The molecule has 7 heteroatoms. The lowest BCUT2D eigenvalue weighted by molar-refractivity contribution is -0.149. The van der Waals surface area contributed by atoms with Gasteiger partial charge in [-0.15, -0.1) is 0 Å². The molecule has 0 radical (unpaired) electrons. The Morgan fingerprint density at radius 2 is 1.83 bits per heavy atom. The minimum absolute atomic E-state index is 0.145. The molecule has 3 rings (SSSR count). The number of hydrogen-bond donors (Lipinski definition) is 1. The average Bonchev–Trinajstić information content (AvgIpc) is 3.19. The largest absolute Gasteiger partial charge is 0.466 e. The molecule has 0 amide bonds. The minimum Gasteiger partial charge on any atom is -0.466 e. The number of nitrogens with zero attached hydrogens (tertiary/aromatic N) is 1. The number of ketones is 1. The molecule has 0 saturated carbocycles. The van der Waals surface area contributed by atoms with Crippen LogP contribution in [-0.4, -0.2) is 30.1 Å². The highest BCUT2D eigenvalue weighted by atomic mass is 35.5. The molecule has 0 aromatic heterocycles. The summed E-state index contributed by atoms with van der Waals surface area (Å²) >= 11 is 12.1. The fourth-order valence-corrected chi connectivity index (χ4v) is 3.68. The molecule has 0 fully saturated rings. The number of halogens is 2. The van der Waals surface area contributed by atoms with E-state index < -0.39 is 17.4 Å². The molecule has 0 spiro atoms. The molecule has 0 bridgehead atoms. The van der Waals surface area contributed by atoms with E-state index in [4.69, 9.17) is 33.7 Å². The van der Waals surface area contributed by atoms with Crippen molar-refractivity contribution in [2.24, 2.45) is 10.9 Å². The summed E-state index contributed by atoms with van der Waals surface area (Å²) in [7, 11) is 0. The van der Waals surface area contributed by atoms with Gasteiger partial charge < -0.3 is 10.5 Å². The standard InChI is InChI=1S/C22H20Cl2N2O3/c1-2-29-21(28)18(13-15-12-17(24)8-9-19(15)25)22(10-3-11-26-22)20(27)14-4-6-16(23)7-5-14/h3-12,18H,2,13,25H2,1H3. The molecule has 2 atom stereocenters. The Labute approximate surface area is 179 Å². The van der Waals surface area contributed by atoms with Crippen LogP contribution in [0.4, 0.5) is 5.69 Å². The highest BCUT2D eigenvalue weighted by molar-refractivity contribution is 6.31. The first kappa shape index (κ1) is 21.1. The van der Waals surface area contributed by atoms with Crippen molar-refractivity contribution in [1.29, 1.82) is 0 Å². The number of rotatable bonds is 7. The highest BCUT2D eigenvalue weighted by Gasteiger charge is 2.49. The Morgan fingerprint density at radius 1 is 1.14 bits per heavy atom. The summed E-state index contributed by atoms with van der Waals surface area (Å²) in [5.41, 5.74) is 6.17. The number of benzene rings is 2. The Morgan fingerprint density at radius 3 is 2.45 bits per heavy atom. The van der Waals surface area contributed by atoms with Crippen molar-refractivity contribution in [3.8, 4) is 0 Å². The van der Waals surface area contributed by atoms with Gasteiger partial charge in [-0.25, -0.2) is 0 Å². The second kappa shape index (κ2) is 8.80.